The first-order valence-electron chi connectivity index (χ1n) is 5.36. The van der Waals surface area contributed by atoms with Crippen molar-refractivity contribution in [1.82, 2.24) is 9.55 Å². The molecule has 2 heterocycles. The minimum Gasteiger partial charge on any atom is -0.325 e. The van der Waals surface area contributed by atoms with E-state index in [2.05, 4.69) is 11.1 Å². The zero-order valence-corrected chi connectivity index (χ0v) is 10.1. The maximum absolute atomic E-state index is 10.7. The highest BCUT2D eigenvalue weighted by molar-refractivity contribution is 7.09. The monoisotopic (exact) mass is 259 g/mol. The summed E-state index contributed by atoms with van der Waals surface area (Å²) in [7, 11) is 0. The highest BCUT2D eigenvalue weighted by Crippen LogP contribution is 2.21. The van der Waals surface area contributed by atoms with E-state index in [0.717, 1.165) is 12.1 Å². The van der Waals surface area contributed by atoms with Crippen molar-refractivity contribution in [3.8, 4) is 0 Å². The van der Waals surface area contributed by atoms with Crippen LogP contribution in [0.15, 0.2) is 42.0 Å². The molecule has 0 fully saturated rings. The third-order valence-electron chi connectivity index (χ3n) is 2.72. The summed E-state index contributed by atoms with van der Waals surface area (Å²) in [6.45, 7) is 0.742. The molecule has 3 aromatic rings. The topological polar surface area (TPSA) is 61.0 Å². The fourth-order valence-electron chi connectivity index (χ4n) is 1.86. The van der Waals surface area contributed by atoms with Gasteiger partial charge in [0.2, 0.25) is 0 Å². The zero-order chi connectivity index (χ0) is 12.5. The summed E-state index contributed by atoms with van der Waals surface area (Å²) in [5.74, 6) is 0. The molecular formula is C12H9N3O2S. The van der Waals surface area contributed by atoms with E-state index in [-0.39, 0.29) is 5.69 Å². The number of non-ortho nitro benzene ring substituents is 1. The van der Waals surface area contributed by atoms with Crippen molar-refractivity contribution in [2.75, 3.05) is 0 Å². The van der Waals surface area contributed by atoms with Gasteiger partial charge in [-0.1, -0.05) is 6.07 Å². The van der Waals surface area contributed by atoms with E-state index in [1.807, 2.05) is 16.0 Å². The van der Waals surface area contributed by atoms with Crippen LogP contribution in [-0.4, -0.2) is 14.5 Å². The van der Waals surface area contributed by atoms with Crippen LogP contribution in [0.25, 0.3) is 11.0 Å². The molecule has 0 spiro atoms. The predicted molar refractivity (Wildman–Crippen MR) is 69.8 cm³/mol. The molecule has 0 aliphatic carbocycles. The van der Waals surface area contributed by atoms with Crippen LogP contribution in [0.2, 0.25) is 0 Å². The molecule has 0 N–H and O–H groups in total. The van der Waals surface area contributed by atoms with Gasteiger partial charge in [0.1, 0.15) is 0 Å². The lowest BCUT2D eigenvalue weighted by Gasteiger charge is -2.01. The molecule has 6 heteroatoms. The number of benzene rings is 1. The molecule has 5 nitrogen and oxygen atoms in total. The number of aromatic nitrogens is 2. The first-order valence-corrected chi connectivity index (χ1v) is 6.24. The van der Waals surface area contributed by atoms with E-state index >= 15 is 0 Å². The van der Waals surface area contributed by atoms with Crippen LogP contribution >= 0.6 is 11.3 Å². The fourth-order valence-corrected chi connectivity index (χ4v) is 2.56. The number of hydrogen-bond donors (Lipinski definition) is 0. The number of nitro groups is 1. The van der Waals surface area contributed by atoms with Gasteiger partial charge in [0, 0.05) is 17.0 Å². The molecule has 0 atom stereocenters. The van der Waals surface area contributed by atoms with E-state index in [0.29, 0.717) is 5.52 Å². The summed E-state index contributed by atoms with van der Waals surface area (Å²) < 4.78 is 1.99. The first-order chi connectivity index (χ1) is 8.74. The SMILES string of the molecule is O=[N+]([O-])c1ccc2c(c1)ncn2Cc1cccs1. The third-order valence-corrected chi connectivity index (χ3v) is 3.58. The summed E-state index contributed by atoms with van der Waals surface area (Å²) >= 11 is 1.68. The molecule has 0 amide bonds. The van der Waals surface area contributed by atoms with Crippen molar-refractivity contribution in [2.45, 2.75) is 6.54 Å². The number of hydrogen-bond acceptors (Lipinski definition) is 4. The minimum absolute atomic E-state index is 0.0730. The third kappa shape index (κ3) is 1.86. The second kappa shape index (κ2) is 4.23. The summed E-state index contributed by atoms with van der Waals surface area (Å²) in [6.07, 6.45) is 1.72. The van der Waals surface area contributed by atoms with Crippen LogP contribution < -0.4 is 0 Å². The lowest BCUT2D eigenvalue weighted by Crippen LogP contribution is -1.95. The standard InChI is InChI=1S/C12H9N3O2S/c16-15(17)9-3-4-12-11(6-9)13-8-14(12)7-10-2-1-5-18-10/h1-6,8H,7H2. The van der Waals surface area contributed by atoms with Crippen molar-refractivity contribution >= 4 is 28.1 Å². The van der Waals surface area contributed by atoms with Crippen molar-refractivity contribution in [3.05, 3.63) is 57.0 Å². The van der Waals surface area contributed by atoms with Gasteiger partial charge in [0.05, 0.1) is 28.8 Å². The molecule has 0 radical (unpaired) electrons. The summed E-state index contributed by atoms with van der Waals surface area (Å²) in [5, 5.41) is 12.7. The van der Waals surface area contributed by atoms with Crippen LogP contribution in [0.1, 0.15) is 4.88 Å². The fraction of sp³-hybridized carbons (Fsp3) is 0.0833. The summed E-state index contributed by atoms with van der Waals surface area (Å²) in [6, 6.07) is 8.81. The maximum Gasteiger partial charge on any atom is 0.271 e. The van der Waals surface area contributed by atoms with E-state index in [9.17, 15) is 10.1 Å². The maximum atomic E-state index is 10.7. The van der Waals surface area contributed by atoms with E-state index in [1.165, 1.54) is 17.0 Å². The Balaban J connectivity index is 2.02. The number of thiophene rings is 1. The van der Waals surface area contributed by atoms with Crippen LogP contribution in [-0.2, 0) is 6.54 Å². The largest absolute Gasteiger partial charge is 0.325 e. The second-order valence-electron chi connectivity index (χ2n) is 3.88. The molecule has 0 saturated heterocycles. The van der Waals surface area contributed by atoms with Crippen molar-refractivity contribution in [3.63, 3.8) is 0 Å². The van der Waals surface area contributed by atoms with Crippen LogP contribution in [0, 0.1) is 10.1 Å². The highest BCUT2D eigenvalue weighted by atomic mass is 32.1. The molecule has 90 valence electrons. The highest BCUT2D eigenvalue weighted by Gasteiger charge is 2.10. The lowest BCUT2D eigenvalue weighted by molar-refractivity contribution is -0.384. The average Bonchev–Trinajstić information content (AvgIpc) is 2.99. The van der Waals surface area contributed by atoms with Crippen LogP contribution in [0.5, 0.6) is 0 Å². The predicted octanol–water partition coefficient (Wildman–Crippen LogP) is 3.05. The Labute approximate surface area is 106 Å². The Morgan fingerprint density at radius 2 is 2.28 bits per heavy atom. The van der Waals surface area contributed by atoms with Gasteiger partial charge in [0.15, 0.2) is 0 Å². The van der Waals surface area contributed by atoms with Gasteiger partial charge in [-0.2, -0.15) is 0 Å². The van der Waals surface area contributed by atoms with Crippen molar-refractivity contribution in [2.24, 2.45) is 0 Å². The Morgan fingerprint density at radius 3 is 3.00 bits per heavy atom. The summed E-state index contributed by atoms with van der Waals surface area (Å²) in [4.78, 5) is 15.7. The van der Waals surface area contributed by atoms with Gasteiger partial charge >= 0.3 is 0 Å². The van der Waals surface area contributed by atoms with Crippen molar-refractivity contribution < 1.29 is 4.92 Å². The normalized spacial score (nSPS) is 10.9. The lowest BCUT2D eigenvalue weighted by atomic mass is 10.3. The average molecular weight is 259 g/mol. The quantitative estimate of drug-likeness (QED) is 0.536. The smallest absolute Gasteiger partial charge is 0.271 e. The molecule has 0 unspecified atom stereocenters. The van der Waals surface area contributed by atoms with Gasteiger partial charge in [-0.15, -0.1) is 11.3 Å². The zero-order valence-electron chi connectivity index (χ0n) is 9.31. The molecule has 2 aromatic heterocycles. The van der Waals surface area contributed by atoms with Gasteiger partial charge < -0.3 is 4.57 Å². The van der Waals surface area contributed by atoms with Gasteiger partial charge in [-0.05, 0) is 17.5 Å². The second-order valence-corrected chi connectivity index (χ2v) is 4.91. The van der Waals surface area contributed by atoms with E-state index < -0.39 is 4.92 Å². The Bertz CT molecular complexity index is 703. The number of rotatable bonds is 3. The molecule has 0 bridgehead atoms. The van der Waals surface area contributed by atoms with Gasteiger partial charge in [0.25, 0.3) is 5.69 Å². The van der Waals surface area contributed by atoms with E-state index in [1.54, 1.807) is 23.7 Å². The summed E-state index contributed by atoms with van der Waals surface area (Å²) in [5.41, 5.74) is 1.64. The molecule has 0 aliphatic heterocycles. The number of fused-ring (bicyclic) bond motifs is 1. The van der Waals surface area contributed by atoms with Crippen molar-refractivity contribution in [1.29, 1.82) is 0 Å². The molecular weight excluding hydrogens is 250 g/mol. The molecule has 0 aliphatic rings. The molecule has 1 aromatic carbocycles. The minimum atomic E-state index is -0.405. The van der Waals surface area contributed by atoms with Crippen LogP contribution in [0.3, 0.4) is 0 Å². The van der Waals surface area contributed by atoms with E-state index in [4.69, 9.17) is 0 Å². The van der Waals surface area contributed by atoms with Gasteiger partial charge in [-0.3, -0.25) is 10.1 Å². The molecule has 18 heavy (non-hydrogen) atoms. The molecule has 3 rings (SSSR count). The Morgan fingerprint density at radius 1 is 1.39 bits per heavy atom. The first kappa shape index (κ1) is 10.9. The Hall–Kier alpha value is -2.21. The van der Waals surface area contributed by atoms with Gasteiger partial charge in [-0.25, -0.2) is 4.98 Å². The number of imidazole rings is 1. The molecule has 0 saturated carbocycles. The van der Waals surface area contributed by atoms with Crippen LogP contribution in [0.4, 0.5) is 5.69 Å². The Kier molecular flexibility index (Phi) is 2.56. The number of nitro benzene ring substituents is 1. The number of nitrogens with zero attached hydrogens (tertiary/aromatic N) is 3.